The van der Waals surface area contributed by atoms with Gasteiger partial charge in [0.05, 0.1) is 5.02 Å². The maximum Gasteiger partial charge on any atom is 0.306 e. The minimum absolute atomic E-state index is 0.102. The number of nitrogens with zero attached hydrogens (tertiary/aromatic N) is 4. The molecule has 5 rings (SSSR count). The van der Waals surface area contributed by atoms with Crippen molar-refractivity contribution in [3.05, 3.63) is 43.1 Å². The van der Waals surface area contributed by atoms with E-state index in [1.165, 1.54) is 17.1 Å². The van der Waals surface area contributed by atoms with Gasteiger partial charge in [-0.1, -0.05) is 29.4 Å². The lowest BCUT2D eigenvalue weighted by atomic mass is 9.87. The Hall–Kier alpha value is -2.92. The molecule has 156 valence electrons. The number of anilines is 2. The highest BCUT2D eigenvalue weighted by Crippen LogP contribution is 2.34. The number of rotatable bonds is 2. The van der Waals surface area contributed by atoms with Crippen LogP contribution < -0.4 is 26.1 Å². The van der Waals surface area contributed by atoms with E-state index < -0.39 is 11.2 Å². The average Bonchev–Trinajstić information content (AvgIpc) is 3.10. The molecule has 0 unspecified atom stereocenters. The van der Waals surface area contributed by atoms with E-state index in [0.717, 1.165) is 43.4 Å². The number of fused-ring (bicyclic) bond motifs is 2. The highest BCUT2D eigenvalue weighted by molar-refractivity contribution is 7.17. The molecule has 3 aromatic heterocycles. The second-order valence-electron chi connectivity index (χ2n) is 7.48. The zero-order valence-electron chi connectivity index (χ0n) is 16.0. The zero-order valence-corrected chi connectivity index (χ0v) is 17.6. The molecule has 1 aliphatic heterocycles. The number of pyridine rings is 1. The zero-order chi connectivity index (χ0) is 21.0. The molecule has 0 bridgehead atoms. The molecule has 1 amide bonds. The van der Waals surface area contributed by atoms with E-state index in [1.54, 1.807) is 12.1 Å². The van der Waals surface area contributed by atoms with E-state index in [1.807, 2.05) is 0 Å². The van der Waals surface area contributed by atoms with E-state index in [-0.39, 0.29) is 27.2 Å². The fraction of sp³-hybridized carbons (Fsp3) is 0.389. The van der Waals surface area contributed by atoms with Crippen LogP contribution in [0.4, 0.5) is 11.5 Å². The third-order valence-corrected chi connectivity index (χ3v) is 6.93. The topological polar surface area (TPSA) is 125 Å². The first kappa shape index (κ1) is 19.1. The van der Waals surface area contributed by atoms with Gasteiger partial charge in [-0.25, -0.2) is 14.6 Å². The highest BCUT2D eigenvalue weighted by Gasteiger charge is 2.44. The summed E-state index contributed by atoms with van der Waals surface area (Å²) in [5.41, 5.74) is -0.408. The van der Waals surface area contributed by atoms with Gasteiger partial charge in [0.25, 0.3) is 11.5 Å². The quantitative estimate of drug-likeness (QED) is 0.548. The van der Waals surface area contributed by atoms with Gasteiger partial charge >= 0.3 is 4.87 Å². The minimum atomic E-state index is -0.615. The van der Waals surface area contributed by atoms with Gasteiger partial charge in [0.1, 0.15) is 28.1 Å². The van der Waals surface area contributed by atoms with Crippen LogP contribution >= 0.6 is 22.9 Å². The van der Waals surface area contributed by atoms with Crippen LogP contribution in [-0.4, -0.2) is 38.2 Å². The number of H-pyrrole nitrogens is 1. The number of nitrogens with one attached hydrogen (secondary N) is 3. The molecule has 0 radical (unpaired) electrons. The number of carbonyl (C=O) groups is 1. The third-order valence-electron chi connectivity index (χ3n) is 5.77. The summed E-state index contributed by atoms with van der Waals surface area (Å²) in [4.78, 5) is 48.5. The molecular weight excluding hydrogens is 430 g/mol. The number of aromatic nitrogens is 4. The largest absolute Gasteiger partial charge is 0.334 e. The average molecular weight is 448 g/mol. The molecule has 1 fully saturated rings. The van der Waals surface area contributed by atoms with Crippen molar-refractivity contribution in [2.24, 2.45) is 0 Å². The third kappa shape index (κ3) is 2.80. The summed E-state index contributed by atoms with van der Waals surface area (Å²) in [5, 5.41) is 7.96. The smallest absolute Gasteiger partial charge is 0.306 e. The Morgan fingerprint density at radius 1 is 1.20 bits per heavy atom. The van der Waals surface area contributed by atoms with Crippen molar-refractivity contribution < 1.29 is 4.79 Å². The Bertz CT molecular complexity index is 1290. The van der Waals surface area contributed by atoms with Crippen LogP contribution in [0.3, 0.4) is 0 Å². The molecule has 1 aliphatic carbocycles. The van der Waals surface area contributed by atoms with Gasteiger partial charge in [0.15, 0.2) is 11.5 Å². The molecule has 3 N–H and O–H groups in total. The SMILES string of the molecule is CN1n2c(c(Cl)cc(Nc3ncnc4[nH]c(=O)sc34)c2=O)C(=O)NC12CCCCC2. The van der Waals surface area contributed by atoms with Crippen molar-refractivity contribution in [1.29, 1.82) is 0 Å². The first-order valence-electron chi connectivity index (χ1n) is 9.53. The van der Waals surface area contributed by atoms with Gasteiger partial charge < -0.3 is 10.6 Å². The van der Waals surface area contributed by atoms with Crippen LogP contribution in [0.25, 0.3) is 10.3 Å². The van der Waals surface area contributed by atoms with Crippen molar-refractivity contribution in [3.8, 4) is 0 Å². The van der Waals surface area contributed by atoms with E-state index in [2.05, 4.69) is 25.6 Å². The summed E-state index contributed by atoms with van der Waals surface area (Å²) < 4.78 is 1.84. The van der Waals surface area contributed by atoms with Gasteiger partial charge in [-0.3, -0.25) is 24.4 Å². The fourth-order valence-corrected chi connectivity index (χ4v) is 5.28. The molecule has 3 aromatic rings. The van der Waals surface area contributed by atoms with Gasteiger partial charge in [-0.05, 0) is 31.7 Å². The standard InChI is InChI=1S/C18H18ClN7O3S/c1-25-18(5-3-2-4-6-18)24-15(27)11-9(19)7-10(16(28)26(11)25)22-13-12-14(21-8-20-13)23-17(29)30-12/h7-8H,2-6H2,1H3,(H,24,27)(H2,20,21,22,23,29). The Labute approximate surface area is 178 Å². The number of hydrogen-bond donors (Lipinski definition) is 3. The lowest BCUT2D eigenvalue weighted by molar-refractivity contribution is 0.0775. The first-order valence-corrected chi connectivity index (χ1v) is 10.7. The van der Waals surface area contributed by atoms with Crippen molar-refractivity contribution in [2.45, 2.75) is 37.8 Å². The van der Waals surface area contributed by atoms with Crippen LogP contribution in [0.5, 0.6) is 0 Å². The summed E-state index contributed by atoms with van der Waals surface area (Å²) in [7, 11) is 1.79. The van der Waals surface area contributed by atoms with E-state index in [0.29, 0.717) is 16.2 Å². The maximum absolute atomic E-state index is 13.4. The van der Waals surface area contributed by atoms with Crippen LogP contribution in [0.2, 0.25) is 5.02 Å². The fourth-order valence-electron chi connectivity index (χ4n) is 4.27. The van der Waals surface area contributed by atoms with Gasteiger partial charge in [-0.2, -0.15) is 0 Å². The summed E-state index contributed by atoms with van der Waals surface area (Å²) in [6.45, 7) is 0. The van der Waals surface area contributed by atoms with Crippen molar-refractivity contribution in [3.63, 3.8) is 0 Å². The Morgan fingerprint density at radius 2 is 1.97 bits per heavy atom. The van der Waals surface area contributed by atoms with Crippen LogP contribution in [0.1, 0.15) is 42.6 Å². The van der Waals surface area contributed by atoms with E-state index >= 15 is 0 Å². The Kier molecular flexibility index (Phi) is 4.33. The number of amides is 1. The van der Waals surface area contributed by atoms with Crippen molar-refractivity contribution >= 4 is 50.7 Å². The summed E-state index contributed by atoms with van der Waals surface area (Å²) >= 11 is 7.36. The van der Waals surface area contributed by atoms with Gasteiger partial charge in [0.2, 0.25) is 0 Å². The molecule has 30 heavy (non-hydrogen) atoms. The molecular formula is C18H18ClN7O3S. The normalized spacial score (nSPS) is 17.8. The molecule has 10 nitrogen and oxygen atoms in total. The minimum Gasteiger partial charge on any atom is -0.334 e. The predicted molar refractivity (Wildman–Crippen MR) is 114 cm³/mol. The predicted octanol–water partition coefficient (Wildman–Crippen LogP) is 1.91. The molecule has 0 saturated heterocycles. The molecule has 0 atom stereocenters. The van der Waals surface area contributed by atoms with Crippen molar-refractivity contribution in [1.82, 2.24) is 24.9 Å². The number of halogens is 1. The number of aromatic amines is 1. The van der Waals surface area contributed by atoms with Gasteiger partial charge in [-0.15, -0.1) is 0 Å². The van der Waals surface area contributed by atoms with E-state index in [9.17, 15) is 14.4 Å². The van der Waals surface area contributed by atoms with Crippen LogP contribution in [0, 0.1) is 0 Å². The molecule has 0 aromatic carbocycles. The molecule has 2 aliphatic rings. The van der Waals surface area contributed by atoms with Crippen LogP contribution in [-0.2, 0) is 0 Å². The summed E-state index contributed by atoms with van der Waals surface area (Å²) in [6.07, 6.45) is 5.82. The van der Waals surface area contributed by atoms with Gasteiger partial charge in [0, 0.05) is 7.05 Å². The summed E-state index contributed by atoms with van der Waals surface area (Å²) in [5.74, 6) is -0.0516. The second-order valence-corrected chi connectivity index (χ2v) is 8.87. The number of carbonyl (C=O) groups excluding carboxylic acids is 1. The van der Waals surface area contributed by atoms with Crippen molar-refractivity contribution in [2.75, 3.05) is 17.4 Å². The highest BCUT2D eigenvalue weighted by atomic mass is 35.5. The maximum atomic E-state index is 13.4. The second kappa shape index (κ2) is 6.81. The lowest BCUT2D eigenvalue weighted by Gasteiger charge is -2.49. The Morgan fingerprint density at radius 3 is 2.73 bits per heavy atom. The molecule has 4 heterocycles. The Balaban J connectivity index is 1.64. The van der Waals surface area contributed by atoms with E-state index in [4.69, 9.17) is 11.6 Å². The van der Waals surface area contributed by atoms with Crippen LogP contribution in [0.15, 0.2) is 22.0 Å². The lowest BCUT2D eigenvalue weighted by Crippen LogP contribution is -2.70. The molecule has 1 spiro atoms. The first-order chi connectivity index (χ1) is 14.4. The molecule has 1 saturated carbocycles. The summed E-state index contributed by atoms with van der Waals surface area (Å²) in [6, 6.07) is 1.41. The number of thiazole rings is 1. The number of hydrogen-bond acceptors (Lipinski definition) is 8. The molecule has 12 heteroatoms. The monoisotopic (exact) mass is 447 g/mol.